The summed E-state index contributed by atoms with van der Waals surface area (Å²) in [5.41, 5.74) is 2.95. The molecule has 0 aliphatic carbocycles. The number of aromatic nitrogens is 4. The predicted molar refractivity (Wildman–Crippen MR) is 116 cm³/mol. The zero-order valence-electron chi connectivity index (χ0n) is 18.9. The molecule has 4 heterocycles. The van der Waals surface area contributed by atoms with E-state index in [1.165, 1.54) is 8.99 Å². The first-order valence-electron chi connectivity index (χ1n) is 10.4. The highest BCUT2D eigenvalue weighted by molar-refractivity contribution is 7.89. The lowest BCUT2D eigenvalue weighted by Crippen LogP contribution is -2.41. The molecule has 0 spiro atoms. The number of carbonyl (C=O) groups excluding carboxylic acids is 1. The van der Waals surface area contributed by atoms with Crippen LogP contribution in [0.1, 0.15) is 38.9 Å². The van der Waals surface area contributed by atoms with Crippen LogP contribution in [0.25, 0.3) is 5.82 Å². The Balaban J connectivity index is 1.63. The molecule has 32 heavy (non-hydrogen) atoms. The van der Waals surface area contributed by atoms with Crippen LogP contribution < -0.4 is 0 Å². The second-order valence-electron chi connectivity index (χ2n) is 8.01. The minimum Gasteiger partial charge on any atom is -0.379 e. The molecule has 0 atom stereocenters. The molecule has 1 aliphatic heterocycles. The van der Waals surface area contributed by atoms with Gasteiger partial charge in [0.05, 0.1) is 24.6 Å². The first-order valence-corrected chi connectivity index (χ1v) is 11.8. The number of hydrogen-bond donors (Lipinski definition) is 0. The van der Waals surface area contributed by atoms with Crippen LogP contribution in [0.4, 0.5) is 0 Å². The first kappa shape index (κ1) is 22.4. The molecule has 1 fully saturated rings. The lowest BCUT2D eigenvalue weighted by Gasteiger charge is -2.26. The molecule has 0 radical (unpaired) electrons. The van der Waals surface area contributed by atoms with E-state index in [-0.39, 0.29) is 17.2 Å². The molecule has 1 saturated heterocycles. The standard InChI is InChI=1S/C21H27N5O5S/c1-13-10-18(16(4)26(13)20-11-14(2)31-23-20)19(27)12-25-17(5)21(15(3)22-25)32(28,29)24-6-8-30-9-7-24/h10-11H,6-9,12H2,1-5H3. The molecule has 172 valence electrons. The molecule has 4 rings (SSSR count). The smallest absolute Gasteiger partial charge is 0.246 e. The highest BCUT2D eigenvalue weighted by Gasteiger charge is 2.32. The van der Waals surface area contributed by atoms with Gasteiger partial charge >= 0.3 is 0 Å². The fourth-order valence-electron chi connectivity index (χ4n) is 4.20. The van der Waals surface area contributed by atoms with E-state index in [2.05, 4.69) is 10.3 Å². The van der Waals surface area contributed by atoms with Crippen molar-refractivity contribution in [3.05, 3.63) is 46.2 Å². The van der Waals surface area contributed by atoms with E-state index in [4.69, 9.17) is 9.26 Å². The van der Waals surface area contributed by atoms with Gasteiger partial charge in [0.1, 0.15) is 17.2 Å². The minimum absolute atomic E-state index is 0.0621. The number of ether oxygens (including phenoxy) is 1. The normalized spacial score (nSPS) is 15.4. The maximum absolute atomic E-state index is 13.2. The molecule has 1 aliphatic rings. The van der Waals surface area contributed by atoms with Crippen molar-refractivity contribution in [3.63, 3.8) is 0 Å². The predicted octanol–water partition coefficient (Wildman–Crippen LogP) is 2.11. The second kappa shape index (κ2) is 8.30. The molecule has 3 aromatic heterocycles. The van der Waals surface area contributed by atoms with Crippen LogP contribution >= 0.6 is 0 Å². The van der Waals surface area contributed by atoms with Gasteiger partial charge in [0.2, 0.25) is 10.0 Å². The summed E-state index contributed by atoms with van der Waals surface area (Å²) in [7, 11) is -3.71. The molecule has 0 bridgehead atoms. The molecule has 3 aromatic rings. The Labute approximate surface area is 186 Å². The van der Waals surface area contributed by atoms with Crippen LogP contribution in [-0.4, -0.2) is 64.3 Å². The average molecular weight is 462 g/mol. The molecule has 0 aromatic carbocycles. The molecule has 10 nitrogen and oxygen atoms in total. The second-order valence-corrected chi connectivity index (χ2v) is 9.89. The monoisotopic (exact) mass is 461 g/mol. The average Bonchev–Trinajstić information content (AvgIpc) is 3.38. The maximum Gasteiger partial charge on any atom is 0.246 e. The Morgan fingerprint density at radius 2 is 1.75 bits per heavy atom. The van der Waals surface area contributed by atoms with Crippen molar-refractivity contribution in [2.24, 2.45) is 0 Å². The van der Waals surface area contributed by atoms with Crippen LogP contribution in [0.15, 0.2) is 21.6 Å². The summed E-state index contributed by atoms with van der Waals surface area (Å²) in [6.45, 7) is 10.2. The van der Waals surface area contributed by atoms with E-state index in [0.29, 0.717) is 54.8 Å². The van der Waals surface area contributed by atoms with Gasteiger partial charge in [-0.05, 0) is 40.7 Å². The van der Waals surface area contributed by atoms with Crippen LogP contribution in [0.5, 0.6) is 0 Å². The number of carbonyl (C=O) groups is 1. The van der Waals surface area contributed by atoms with E-state index in [0.717, 1.165) is 11.4 Å². The van der Waals surface area contributed by atoms with E-state index in [1.54, 1.807) is 26.0 Å². The maximum atomic E-state index is 13.2. The Morgan fingerprint density at radius 3 is 2.38 bits per heavy atom. The number of rotatable bonds is 6. The third-order valence-electron chi connectivity index (χ3n) is 5.75. The van der Waals surface area contributed by atoms with E-state index < -0.39 is 10.0 Å². The highest BCUT2D eigenvalue weighted by atomic mass is 32.2. The first-order chi connectivity index (χ1) is 15.1. The zero-order chi connectivity index (χ0) is 23.2. The summed E-state index contributed by atoms with van der Waals surface area (Å²) in [5.74, 6) is 1.13. The number of Topliss-reactive ketones (excluding diaryl/α,β-unsaturated/α-hetero) is 1. The van der Waals surface area contributed by atoms with Gasteiger partial charge in [-0.25, -0.2) is 8.42 Å². The van der Waals surface area contributed by atoms with Crippen molar-refractivity contribution in [1.82, 2.24) is 23.8 Å². The summed E-state index contributed by atoms with van der Waals surface area (Å²) >= 11 is 0. The number of hydrogen-bond acceptors (Lipinski definition) is 7. The van der Waals surface area contributed by atoms with Crippen molar-refractivity contribution < 1.29 is 22.5 Å². The molecule has 0 amide bonds. The van der Waals surface area contributed by atoms with E-state index in [1.807, 2.05) is 25.3 Å². The summed E-state index contributed by atoms with van der Waals surface area (Å²) in [5, 5.41) is 8.43. The van der Waals surface area contributed by atoms with Crippen molar-refractivity contribution in [3.8, 4) is 5.82 Å². The number of sulfonamides is 1. The van der Waals surface area contributed by atoms with Crippen molar-refractivity contribution in [1.29, 1.82) is 0 Å². The van der Waals surface area contributed by atoms with Gasteiger partial charge in [-0.15, -0.1) is 0 Å². The largest absolute Gasteiger partial charge is 0.379 e. The van der Waals surface area contributed by atoms with Crippen LogP contribution in [0.2, 0.25) is 0 Å². The van der Waals surface area contributed by atoms with Gasteiger partial charge in [0.15, 0.2) is 11.6 Å². The third kappa shape index (κ3) is 3.80. The fraction of sp³-hybridized carbons (Fsp3) is 0.476. The van der Waals surface area contributed by atoms with Gasteiger partial charge in [-0.3, -0.25) is 14.0 Å². The van der Waals surface area contributed by atoms with Gasteiger partial charge in [-0.1, -0.05) is 5.16 Å². The van der Waals surface area contributed by atoms with Crippen molar-refractivity contribution >= 4 is 15.8 Å². The van der Waals surface area contributed by atoms with Crippen LogP contribution in [-0.2, 0) is 21.3 Å². The van der Waals surface area contributed by atoms with Gasteiger partial charge < -0.3 is 9.26 Å². The van der Waals surface area contributed by atoms with E-state index in [9.17, 15) is 13.2 Å². The number of ketones is 1. The topological polar surface area (TPSA) is 112 Å². The molecular weight excluding hydrogens is 434 g/mol. The molecular formula is C21H27N5O5S. The lowest BCUT2D eigenvalue weighted by molar-refractivity contribution is 0.0730. The van der Waals surface area contributed by atoms with Crippen LogP contribution in [0, 0.1) is 34.6 Å². The van der Waals surface area contributed by atoms with E-state index >= 15 is 0 Å². The zero-order valence-corrected chi connectivity index (χ0v) is 19.7. The van der Waals surface area contributed by atoms with Gasteiger partial charge in [-0.2, -0.15) is 9.40 Å². The summed E-state index contributed by atoms with van der Waals surface area (Å²) in [6.07, 6.45) is 0. The Morgan fingerprint density at radius 1 is 1.06 bits per heavy atom. The Kier molecular flexibility index (Phi) is 5.82. The summed E-state index contributed by atoms with van der Waals surface area (Å²) in [4.78, 5) is 13.3. The van der Waals surface area contributed by atoms with Crippen molar-refractivity contribution in [2.45, 2.75) is 46.1 Å². The van der Waals surface area contributed by atoms with Gasteiger partial charge in [0.25, 0.3) is 0 Å². The third-order valence-corrected chi connectivity index (χ3v) is 7.90. The van der Waals surface area contributed by atoms with Crippen molar-refractivity contribution in [2.75, 3.05) is 26.3 Å². The quantitative estimate of drug-likeness (QED) is 0.517. The highest BCUT2D eigenvalue weighted by Crippen LogP contribution is 2.26. The number of nitrogens with zero attached hydrogens (tertiary/aromatic N) is 5. The molecule has 0 saturated carbocycles. The Bertz CT molecular complexity index is 1280. The number of morpholine rings is 1. The molecule has 0 N–H and O–H groups in total. The van der Waals surface area contributed by atoms with Gasteiger partial charge in [0, 0.05) is 36.1 Å². The van der Waals surface area contributed by atoms with Crippen LogP contribution in [0.3, 0.4) is 0 Å². The summed E-state index contributed by atoms with van der Waals surface area (Å²) in [6, 6.07) is 3.61. The SMILES string of the molecule is Cc1cc(-n2c(C)cc(C(=O)Cn3nc(C)c(S(=O)(=O)N4CCOCC4)c3C)c2C)no1. The molecule has 11 heteroatoms. The Hall–Kier alpha value is -2.76. The molecule has 0 unspecified atom stereocenters. The fourth-order valence-corrected chi connectivity index (χ4v) is 5.98. The summed E-state index contributed by atoms with van der Waals surface area (Å²) < 4.78 is 41.5. The number of aryl methyl sites for hydroxylation is 3. The lowest BCUT2D eigenvalue weighted by atomic mass is 10.1. The minimum atomic E-state index is -3.71.